The highest BCUT2D eigenvalue weighted by molar-refractivity contribution is 9.10. The zero-order chi connectivity index (χ0) is 28.5. The monoisotopic (exact) mass is 676 g/mol. The highest BCUT2D eigenvalue weighted by Crippen LogP contribution is 2.25. The Morgan fingerprint density at radius 1 is 0.897 bits per heavy atom. The van der Waals surface area contributed by atoms with Crippen LogP contribution in [0.4, 0.5) is 11.4 Å². The fraction of sp³-hybridized carbons (Fsp3) is 0.417. The zero-order valence-corrected chi connectivity index (χ0v) is 23.5. The Hall–Kier alpha value is -2.02. The lowest BCUT2D eigenvalue weighted by Crippen LogP contribution is -2.61. The van der Waals surface area contributed by atoms with E-state index in [1.165, 1.54) is 0 Å². The highest BCUT2D eigenvalue weighted by atomic mass is 79.9. The number of nitrogens with one attached hydrogen (secondary N) is 2. The minimum atomic E-state index is -1.81. The van der Waals surface area contributed by atoms with Crippen molar-refractivity contribution in [3.8, 4) is 0 Å². The zero-order valence-electron chi connectivity index (χ0n) is 20.3. The summed E-state index contributed by atoms with van der Waals surface area (Å²) in [5.74, 6) is 0. The van der Waals surface area contributed by atoms with Gasteiger partial charge in [0.15, 0.2) is 6.29 Å². The molecule has 0 amide bonds. The minimum Gasteiger partial charge on any atom is -0.394 e. The summed E-state index contributed by atoms with van der Waals surface area (Å²) in [6.45, 7) is -1.57. The Balaban J connectivity index is 1.87. The predicted molar refractivity (Wildman–Crippen MR) is 149 cm³/mol. The van der Waals surface area contributed by atoms with Crippen molar-refractivity contribution >= 4 is 55.2 Å². The summed E-state index contributed by atoms with van der Waals surface area (Å²) >= 11 is 6.68. The number of halogens is 2. The van der Waals surface area contributed by atoms with Gasteiger partial charge in [0.2, 0.25) is 0 Å². The van der Waals surface area contributed by atoms with Crippen LogP contribution in [0.5, 0.6) is 0 Å². The van der Waals surface area contributed by atoms with Gasteiger partial charge in [-0.05, 0) is 48.5 Å². The topological polar surface area (TPSA) is 209 Å². The molecule has 39 heavy (non-hydrogen) atoms. The second-order valence-corrected chi connectivity index (χ2v) is 10.4. The molecule has 8 unspecified atom stereocenters. The van der Waals surface area contributed by atoms with Crippen molar-refractivity contribution in [2.75, 3.05) is 24.1 Å². The third-order valence-corrected chi connectivity index (χ3v) is 6.77. The van der Waals surface area contributed by atoms with E-state index in [0.717, 1.165) is 15.2 Å². The molecule has 0 aromatic heterocycles. The summed E-state index contributed by atoms with van der Waals surface area (Å²) in [6.07, 6.45) is -12.2. The third kappa shape index (κ3) is 8.73. The first kappa shape index (κ1) is 31.5. The van der Waals surface area contributed by atoms with Gasteiger partial charge in [-0.2, -0.15) is 10.2 Å². The molecule has 13 nitrogen and oxygen atoms in total. The summed E-state index contributed by atoms with van der Waals surface area (Å²) in [5.41, 5.74) is 6.54. The van der Waals surface area contributed by atoms with Gasteiger partial charge in [0, 0.05) is 8.95 Å². The van der Waals surface area contributed by atoms with Crippen molar-refractivity contribution in [1.29, 1.82) is 0 Å². The van der Waals surface area contributed by atoms with Crippen LogP contribution in [0.2, 0.25) is 0 Å². The van der Waals surface area contributed by atoms with Crippen LogP contribution in [-0.2, 0) is 9.47 Å². The number of hydrogen-bond acceptors (Lipinski definition) is 13. The van der Waals surface area contributed by atoms with Crippen molar-refractivity contribution in [3.63, 3.8) is 0 Å². The Morgan fingerprint density at radius 2 is 1.46 bits per heavy atom. The molecular weight excluding hydrogens is 648 g/mol. The van der Waals surface area contributed by atoms with E-state index < -0.39 is 62.2 Å². The van der Waals surface area contributed by atoms with Crippen LogP contribution >= 0.6 is 31.9 Å². The Kier molecular flexibility index (Phi) is 12.2. The number of hydrogen-bond donors (Lipinski definition) is 9. The molecule has 2 aromatic rings. The lowest BCUT2D eigenvalue weighted by Gasteiger charge is -2.41. The van der Waals surface area contributed by atoms with E-state index in [9.17, 15) is 35.7 Å². The smallest absolute Gasteiger partial charge is 0.187 e. The molecule has 0 spiro atoms. The SMILES string of the molecule is OCC(O)C(OC1OC(CO)C(O)C(O)C1O)C(O)C(C=NNc1ccc(Br)cc1)=NNc1ccc(Br)cc1. The van der Waals surface area contributed by atoms with Crippen molar-refractivity contribution in [2.45, 2.75) is 49.0 Å². The molecule has 1 aliphatic heterocycles. The average molecular weight is 678 g/mol. The van der Waals surface area contributed by atoms with Gasteiger partial charge in [-0.3, -0.25) is 10.9 Å². The number of rotatable bonds is 12. The molecule has 8 atom stereocenters. The molecule has 0 radical (unpaired) electrons. The average Bonchev–Trinajstić information content (AvgIpc) is 2.94. The van der Waals surface area contributed by atoms with E-state index in [1.807, 2.05) is 0 Å². The normalized spacial score (nSPS) is 26.3. The number of benzene rings is 2. The van der Waals surface area contributed by atoms with E-state index in [-0.39, 0.29) is 5.71 Å². The third-order valence-electron chi connectivity index (χ3n) is 5.71. The van der Waals surface area contributed by atoms with Crippen molar-refractivity contribution in [1.82, 2.24) is 0 Å². The Labute approximate surface area is 240 Å². The summed E-state index contributed by atoms with van der Waals surface area (Å²) in [4.78, 5) is 0. The van der Waals surface area contributed by atoms with E-state index in [1.54, 1.807) is 48.5 Å². The number of aliphatic hydroxyl groups is 7. The molecule has 9 N–H and O–H groups in total. The van der Waals surface area contributed by atoms with Crippen molar-refractivity contribution in [3.05, 3.63) is 57.5 Å². The van der Waals surface area contributed by atoms with Crippen LogP contribution < -0.4 is 10.9 Å². The summed E-state index contributed by atoms with van der Waals surface area (Å²) in [5, 5.41) is 79.4. The highest BCUT2D eigenvalue weighted by Gasteiger charge is 2.46. The Morgan fingerprint density at radius 3 is 2.00 bits per heavy atom. The molecule has 0 saturated carbocycles. The summed E-state index contributed by atoms with van der Waals surface area (Å²) in [7, 11) is 0. The number of anilines is 2. The van der Waals surface area contributed by atoms with Gasteiger partial charge in [-0.15, -0.1) is 0 Å². The number of nitrogens with zero attached hydrogens (tertiary/aromatic N) is 2. The molecule has 214 valence electrons. The van der Waals surface area contributed by atoms with Gasteiger partial charge in [0.1, 0.15) is 48.4 Å². The first-order chi connectivity index (χ1) is 18.6. The second kappa shape index (κ2) is 15.1. The Bertz CT molecular complexity index is 1090. The van der Waals surface area contributed by atoms with Crippen LogP contribution in [-0.4, -0.2) is 110 Å². The van der Waals surface area contributed by atoms with E-state index >= 15 is 0 Å². The van der Waals surface area contributed by atoms with Gasteiger partial charge >= 0.3 is 0 Å². The number of ether oxygens (including phenoxy) is 2. The van der Waals surface area contributed by atoms with Crippen molar-refractivity contribution < 1.29 is 45.2 Å². The van der Waals surface area contributed by atoms with Crippen LogP contribution in [0.25, 0.3) is 0 Å². The molecule has 1 heterocycles. The summed E-state index contributed by atoms with van der Waals surface area (Å²) < 4.78 is 12.6. The van der Waals surface area contributed by atoms with Gasteiger partial charge in [-0.1, -0.05) is 31.9 Å². The van der Waals surface area contributed by atoms with Gasteiger partial charge < -0.3 is 45.2 Å². The van der Waals surface area contributed by atoms with Gasteiger partial charge in [0.05, 0.1) is 30.8 Å². The number of aliphatic hydroxyl groups excluding tert-OH is 7. The van der Waals surface area contributed by atoms with Gasteiger partial charge in [-0.25, -0.2) is 0 Å². The van der Waals surface area contributed by atoms with E-state index in [4.69, 9.17) is 9.47 Å². The number of hydrazone groups is 2. The minimum absolute atomic E-state index is 0.162. The lowest BCUT2D eigenvalue weighted by atomic mass is 9.98. The molecule has 3 rings (SSSR count). The molecule has 15 heteroatoms. The fourth-order valence-corrected chi connectivity index (χ4v) is 4.03. The molecule has 2 aromatic carbocycles. The first-order valence-electron chi connectivity index (χ1n) is 11.7. The van der Waals surface area contributed by atoms with Crippen LogP contribution in [0.1, 0.15) is 0 Å². The van der Waals surface area contributed by atoms with Crippen LogP contribution in [0, 0.1) is 0 Å². The summed E-state index contributed by atoms with van der Waals surface area (Å²) in [6, 6.07) is 14.0. The maximum absolute atomic E-state index is 11.2. The molecule has 1 aliphatic rings. The quantitative estimate of drug-likeness (QED) is 0.108. The molecule has 1 saturated heterocycles. The maximum atomic E-state index is 11.2. The van der Waals surface area contributed by atoms with Crippen LogP contribution in [0.3, 0.4) is 0 Å². The molecular formula is C24H30Br2N4O9. The lowest BCUT2D eigenvalue weighted by molar-refractivity contribution is -0.322. The maximum Gasteiger partial charge on any atom is 0.187 e. The fourth-order valence-electron chi connectivity index (χ4n) is 3.50. The van der Waals surface area contributed by atoms with E-state index in [0.29, 0.717) is 11.4 Å². The second-order valence-electron chi connectivity index (χ2n) is 8.52. The first-order valence-corrected chi connectivity index (χ1v) is 13.3. The van der Waals surface area contributed by atoms with Crippen molar-refractivity contribution in [2.24, 2.45) is 10.2 Å². The molecule has 0 aliphatic carbocycles. The van der Waals surface area contributed by atoms with E-state index in [2.05, 4.69) is 52.9 Å². The standard InChI is InChI=1S/C24H30Br2N4O9/c25-12-1-5-14(6-2-12)28-27-9-16(30-29-15-7-3-13(26)4-8-15)19(34)23(17(33)10-31)39-24-22(37)21(36)20(35)18(11-32)38-24/h1-9,17-24,28-29,31-37H,10-11H2. The largest absolute Gasteiger partial charge is 0.394 e. The molecule has 1 fully saturated rings. The van der Waals surface area contributed by atoms with Gasteiger partial charge in [0.25, 0.3) is 0 Å². The van der Waals surface area contributed by atoms with Crippen LogP contribution in [0.15, 0.2) is 67.7 Å². The molecule has 0 bridgehead atoms. The predicted octanol–water partition coefficient (Wildman–Crippen LogP) is -0.0234.